The Morgan fingerprint density at radius 1 is 1.18 bits per heavy atom. The molecule has 1 amide bonds. The fraction of sp³-hybridized carbons (Fsp3) is 0.105. The second kappa shape index (κ2) is 8.10. The van der Waals surface area contributed by atoms with Crippen LogP contribution in [0, 0.1) is 5.82 Å². The molecule has 1 heterocycles. The summed E-state index contributed by atoms with van der Waals surface area (Å²) in [6.07, 6.45) is -0.374. The molecule has 7 nitrogen and oxygen atoms in total. The molecule has 144 valence electrons. The number of H-pyrrole nitrogens is 1. The van der Waals surface area contributed by atoms with Crippen LogP contribution in [-0.2, 0) is 4.79 Å². The molecule has 0 bridgehead atoms. The monoisotopic (exact) mass is 403 g/mol. The van der Waals surface area contributed by atoms with Crippen LogP contribution in [0.15, 0.2) is 59.4 Å². The number of hydrogen-bond acceptors (Lipinski definition) is 3. The number of nitrogens with zero attached hydrogens (tertiary/aromatic N) is 1. The standard InChI is InChI=1S/C19H15ClFN3O4/c20-12-4-1-3-11(7-12)15(10-18(26)27)22-19(28)16-9-17(25)24(23-16)14-6-2-5-13(21)8-14/h1-9,15,23H,10H2,(H,22,28)(H,26,27)/t15-/m0/s1. The molecular formula is C19H15ClFN3O4. The Bertz CT molecular complexity index is 1090. The topological polar surface area (TPSA) is 104 Å². The average molecular weight is 404 g/mol. The van der Waals surface area contributed by atoms with Crippen molar-refractivity contribution in [3.63, 3.8) is 0 Å². The minimum atomic E-state index is -1.11. The molecule has 3 aromatic rings. The second-order valence-electron chi connectivity index (χ2n) is 6.00. The van der Waals surface area contributed by atoms with Gasteiger partial charge in [0.2, 0.25) is 0 Å². The van der Waals surface area contributed by atoms with Crippen LogP contribution in [0.2, 0.25) is 5.02 Å². The van der Waals surface area contributed by atoms with Crippen LogP contribution >= 0.6 is 11.6 Å². The zero-order valence-corrected chi connectivity index (χ0v) is 15.1. The Labute approximate surface area is 163 Å². The number of aromatic nitrogens is 2. The van der Waals surface area contributed by atoms with Gasteiger partial charge in [-0.25, -0.2) is 9.07 Å². The number of halogens is 2. The van der Waals surface area contributed by atoms with E-state index in [1.807, 2.05) is 0 Å². The van der Waals surface area contributed by atoms with E-state index in [1.54, 1.807) is 24.3 Å². The molecule has 3 N–H and O–H groups in total. The van der Waals surface area contributed by atoms with E-state index in [4.69, 9.17) is 16.7 Å². The second-order valence-corrected chi connectivity index (χ2v) is 6.44. The molecule has 0 saturated heterocycles. The third-order valence-electron chi connectivity index (χ3n) is 3.97. The zero-order chi connectivity index (χ0) is 20.3. The van der Waals surface area contributed by atoms with Crippen molar-refractivity contribution in [2.75, 3.05) is 0 Å². The van der Waals surface area contributed by atoms with Crippen LogP contribution in [0.25, 0.3) is 5.69 Å². The first-order valence-electron chi connectivity index (χ1n) is 8.19. The van der Waals surface area contributed by atoms with Crippen molar-refractivity contribution in [3.8, 4) is 5.69 Å². The van der Waals surface area contributed by atoms with Crippen molar-refractivity contribution in [2.24, 2.45) is 0 Å². The number of hydrogen-bond donors (Lipinski definition) is 3. The lowest BCUT2D eigenvalue weighted by molar-refractivity contribution is -0.137. The maximum Gasteiger partial charge on any atom is 0.305 e. The fourth-order valence-corrected chi connectivity index (χ4v) is 2.90. The van der Waals surface area contributed by atoms with Crippen LogP contribution in [0.4, 0.5) is 4.39 Å². The van der Waals surface area contributed by atoms with E-state index >= 15 is 0 Å². The van der Waals surface area contributed by atoms with Gasteiger partial charge < -0.3 is 10.4 Å². The molecule has 3 rings (SSSR count). The van der Waals surface area contributed by atoms with Crippen LogP contribution in [0.1, 0.15) is 28.5 Å². The summed E-state index contributed by atoms with van der Waals surface area (Å²) in [5.74, 6) is -2.33. The first-order valence-corrected chi connectivity index (χ1v) is 8.57. The molecule has 0 aliphatic rings. The molecule has 0 fully saturated rings. The number of rotatable bonds is 6. The van der Waals surface area contributed by atoms with Gasteiger partial charge in [0, 0.05) is 11.1 Å². The number of aromatic amines is 1. The number of aliphatic carboxylic acids is 1. The van der Waals surface area contributed by atoms with E-state index in [0.717, 1.165) is 16.8 Å². The molecule has 0 aliphatic carbocycles. The van der Waals surface area contributed by atoms with Crippen LogP contribution in [0.3, 0.4) is 0 Å². The molecule has 9 heteroatoms. The summed E-state index contributed by atoms with van der Waals surface area (Å²) in [6, 6.07) is 12.0. The molecule has 1 atom stereocenters. The lowest BCUT2D eigenvalue weighted by Crippen LogP contribution is -2.30. The third kappa shape index (κ3) is 4.47. The van der Waals surface area contributed by atoms with Crippen molar-refractivity contribution in [3.05, 3.63) is 87.0 Å². The van der Waals surface area contributed by atoms with Gasteiger partial charge in [0.15, 0.2) is 0 Å². The van der Waals surface area contributed by atoms with Crippen molar-refractivity contribution in [2.45, 2.75) is 12.5 Å². The summed E-state index contributed by atoms with van der Waals surface area (Å²) in [4.78, 5) is 35.9. The fourth-order valence-electron chi connectivity index (χ4n) is 2.71. The summed E-state index contributed by atoms with van der Waals surface area (Å²) >= 11 is 5.94. The Kier molecular flexibility index (Phi) is 5.60. The number of carboxylic acids is 1. The van der Waals surface area contributed by atoms with Gasteiger partial charge in [0.25, 0.3) is 11.5 Å². The summed E-state index contributed by atoms with van der Waals surface area (Å²) in [6.45, 7) is 0. The predicted octanol–water partition coefficient (Wildman–Crippen LogP) is 2.90. The summed E-state index contributed by atoms with van der Waals surface area (Å²) in [5, 5.41) is 14.7. The molecule has 0 aliphatic heterocycles. The van der Waals surface area contributed by atoms with Crippen molar-refractivity contribution in [1.29, 1.82) is 0 Å². The molecule has 0 spiro atoms. The van der Waals surface area contributed by atoms with Crippen molar-refractivity contribution < 1.29 is 19.1 Å². The molecule has 2 aromatic carbocycles. The molecule has 0 unspecified atom stereocenters. The van der Waals surface area contributed by atoms with E-state index in [0.29, 0.717) is 10.6 Å². The quantitative estimate of drug-likeness (QED) is 0.588. The maximum absolute atomic E-state index is 13.4. The van der Waals surface area contributed by atoms with Crippen molar-refractivity contribution >= 4 is 23.5 Å². The maximum atomic E-state index is 13.4. The molecule has 0 saturated carbocycles. The van der Waals surface area contributed by atoms with Crippen LogP contribution < -0.4 is 10.9 Å². The van der Waals surface area contributed by atoms with Crippen molar-refractivity contribution in [1.82, 2.24) is 15.1 Å². The first kappa shape index (κ1) is 19.4. The predicted molar refractivity (Wildman–Crippen MR) is 100 cm³/mol. The smallest absolute Gasteiger partial charge is 0.305 e. The molecule has 0 radical (unpaired) electrons. The number of benzene rings is 2. The Morgan fingerprint density at radius 3 is 2.61 bits per heavy atom. The minimum Gasteiger partial charge on any atom is -0.481 e. The van der Waals surface area contributed by atoms with Crippen LogP contribution in [-0.4, -0.2) is 26.8 Å². The lowest BCUT2D eigenvalue weighted by Gasteiger charge is -2.17. The zero-order valence-electron chi connectivity index (χ0n) is 14.4. The summed E-state index contributed by atoms with van der Waals surface area (Å²) in [7, 11) is 0. The highest BCUT2D eigenvalue weighted by molar-refractivity contribution is 6.30. The molecule has 1 aromatic heterocycles. The molecular weight excluding hydrogens is 389 g/mol. The SMILES string of the molecule is O=C(O)C[C@H](NC(=O)c1cc(=O)n(-c2cccc(F)c2)[nH]1)c1cccc(Cl)c1. The summed E-state index contributed by atoms with van der Waals surface area (Å²) in [5.41, 5.74) is 0.0797. The van der Waals surface area contributed by atoms with Gasteiger partial charge in [0.1, 0.15) is 11.5 Å². The van der Waals surface area contributed by atoms with Gasteiger partial charge in [-0.2, -0.15) is 0 Å². The Hall–Kier alpha value is -3.39. The van der Waals surface area contributed by atoms with Gasteiger partial charge in [-0.05, 0) is 35.9 Å². The first-order chi connectivity index (χ1) is 13.3. The number of nitrogens with one attached hydrogen (secondary N) is 2. The average Bonchev–Trinajstić information content (AvgIpc) is 3.03. The van der Waals surface area contributed by atoms with Gasteiger partial charge in [-0.3, -0.25) is 19.5 Å². The van der Waals surface area contributed by atoms with Gasteiger partial charge in [-0.1, -0.05) is 29.8 Å². The highest BCUT2D eigenvalue weighted by Gasteiger charge is 2.21. The minimum absolute atomic E-state index is 0.0910. The number of carboxylic acid groups (broad SMARTS) is 1. The van der Waals surface area contributed by atoms with Gasteiger partial charge in [-0.15, -0.1) is 0 Å². The Morgan fingerprint density at radius 2 is 1.93 bits per heavy atom. The number of amides is 1. The summed E-state index contributed by atoms with van der Waals surface area (Å²) < 4.78 is 14.4. The third-order valence-corrected chi connectivity index (χ3v) is 4.20. The molecule has 28 heavy (non-hydrogen) atoms. The van der Waals surface area contributed by atoms with Gasteiger partial charge >= 0.3 is 5.97 Å². The van der Waals surface area contributed by atoms with E-state index in [-0.39, 0.29) is 17.8 Å². The van der Waals surface area contributed by atoms with Crippen LogP contribution in [0.5, 0.6) is 0 Å². The number of carbonyl (C=O) groups is 2. The lowest BCUT2D eigenvalue weighted by atomic mass is 10.0. The van der Waals surface area contributed by atoms with E-state index in [2.05, 4.69) is 10.4 Å². The highest BCUT2D eigenvalue weighted by atomic mass is 35.5. The van der Waals surface area contributed by atoms with E-state index in [9.17, 15) is 18.8 Å². The largest absolute Gasteiger partial charge is 0.481 e. The van der Waals surface area contributed by atoms with E-state index < -0.39 is 29.3 Å². The Balaban J connectivity index is 1.87. The van der Waals surface area contributed by atoms with Gasteiger partial charge in [0.05, 0.1) is 18.2 Å². The number of carbonyl (C=O) groups excluding carboxylic acids is 1. The van der Waals surface area contributed by atoms with E-state index in [1.165, 1.54) is 18.2 Å². The highest BCUT2D eigenvalue weighted by Crippen LogP contribution is 2.21. The normalized spacial score (nSPS) is 11.8.